The molecule has 1 saturated heterocycles. The van der Waals surface area contributed by atoms with Gasteiger partial charge in [-0.25, -0.2) is 0 Å². The van der Waals surface area contributed by atoms with Crippen LogP contribution in [0.4, 0.5) is 8.78 Å². The van der Waals surface area contributed by atoms with Crippen LogP contribution in [0.3, 0.4) is 0 Å². The fraction of sp³-hybridized carbons (Fsp3) is 0.368. The number of alkyl halides is 2. The van der Waals surface area contributed by atoms with E-state index in [1.165, 1.54) is 11.6 Å². The predicted molar refractivity (Wildman–Crippen MR) is 84.1 cm³/mol. The Morgan fingerprint density at radius 1 is 0.870 bits per heavy atom. The van der Waals surface area contributed by atoms with Crippen LogP contribution in [0.5, 0.6) is 0 Å². The Morgan fingerprint density at radius 2 is 1.48 bits per heavy atom. The Morgan fingerprint density at radius 3 is 2.17 bits per heavy atom. The minimum atomic E-state index is -3.17. The molecule has 120 valence electrons. The van der Waals surface area contributed by atoms with Gasteiger partial charge in [-0.15, -0.1) is 0 Å². The Kier molecular flexibility index (Phi) is 3.47. The Balaban J connectivity index is 1.52. The van der Waals surface area contributed by atoms with Crippen molar-refractivity contribution in [3.8, 4) is 0 Å². The zero-order valence-corrected chi connectivity index (χ0v) is 12.8. The van der Waals surface area contributed by atoms with Crippen molar-refractivity contribution in [2.75, 3.05) is 13.1 Å². The Labute approximate surface area is 134 Å². The summed E-state index contributed by atoms with van der Waals surface area (Å²) in [4.78, 5) is 2.31. The van der Waals surface area contributed by atoms with Crippen LogP contribution in [0.2, 0.25) is 0 Å². The van der Waals surface area contributed by atoms with Crippen molar-refractivity contribution in [3.05, 3.63) is 71.3 Å². The molecule has 23 heavy (non-hydrogen) atoms. The maximum atomic E-state index is 14.2. The van der Waals surface area contributed by atoms with Gasteiger partial charge in [-0.3, -0.25) is 4.90 Å². The van der Waals surface area contributed by atoms with Crippen LogP contribution in [0.1, 0.15) is 29.5 Å². The third kappa shape index (κ3) is 2.56. The number of halogens is 2. The molecule has 0 amide bonds. The van der Waals surface area contributed by atoms with Crippen molar-refractivity contribution < 1.29 is 13.5 Å². The molecule has 0 atom stereocenters. The van der Waals surface area contributed by atoms with Crippen molar-refractivity contribution >= 4 is 0 Å². The van der Waals surface area contributed by atoms with Gasteiger partial charge in [-0.2, -0.15) is 8.78 Å². The standard InChI is InChI=1S/C19H19F2NO/c20-19(21)17-9-5-4-8-16(17)18(23-19)10-12-22(13-11-18)14-15-6-2-1-3-7-15/h1-9H,10-14H2. The summed E-state index contributed by atoms with van der Waals surface area (Å²) in [5.41, 5.74) is 1.13. The molecule has 2 aromatic rings. The SMILES string of the molecule is FC1(F)OC2(CCN(Cc3ccccc3)CC2)c2ccccc21. The zero-order chi connectivity index (χ0) is 15.9. The number of fused-ring (bicyclic) bond motifs is 2. The molecule has 1 fully saturated rings. The summed E-state index contributed by atoms with van der Waals surface area (Å²) in [6, 6.07) is 17.0. The molecule has 0 aromatic heterocycles. The zero-order valence-electron chi connectivity index (χ0n) is 12.8. The number of hydrogen-bond donors (Lipinski definition) is 0. The normalized spacial score (nSPS) is 22.2. The fourth-order valence-corrected chi connectivity index (χ4v) is 3.77. The molecule has 2 nitrogen and oxygen atoms in total. The number of rotatable bonds is 2. The lowest BCUT2D eigenvalue weighted by molar-refractivity contribution is -0.297. The van der Waals surface area contributed by atoms with E-state index in [-0.39, 0.29) is 5.56 Å². The molecule has 0 N–H and O–H groups in total. The number of nitrogens with zero attached hydrogens (tertiary/aromatic N) is 1. The highest BCUT2D eigenvalue weighted by molar-refractivity contribution is 5.39. The Bertz CT molecular complexity index is 694. The summed E-state index contributed by atoms with van der Waals surface area (Å²) in [5.74, 6) is 0. The molecule has 2 heterocycles. The Hall–Kier alpha value is -1.78. The van der Waals surface area contributed by atoms with Crippen molar-refractivity contribution in [1.29, 1.82) is 0 Å². The quantitative estimate of drug-likeness (QED) is 0.821. The van der Waals surface area contributed by atoms with Gasteiger partial charge in [0.1, 0.15) is 5.60 Å². The first kappa shape index (κ1) is 14.8. The lowest BCUT2D eigenvalue weighted by atomic mass is 9.83. The van der Waals surface area contributed by atoms with Crippen LogP contribution in [0, 0.1) is 0 Å². The monoisotopic (exact) mass is 315 g/mol. The molecule has 0 saturated carbocycles. The van der Waals surface area contributed by atoms with E-state index in [0.29, 0.717) is 18.4 Å². The molecule has 2 aliphatic rings. The average Bonchev–Trinajstić information content (AvgIpc) is 2.79. The highest BCUT2D eigenvalue weighted by Crippen LogP contribution is 2.53. The molecule has 2 aromatic carbocycles. The molecular weight excluding hydrogens is 296 g/mol. The van der Waals surface area contributed by atoms with Gasteiger partial charge in [-0.1, -0.05) is 48.5 Å². The summed E-state index contributed by atoms with van der Waals surface area (Å²) >= 11 is 0. The van der Waals surface area contributed by atoms with Crippen LogP contribution in [0.25, 0.3) is 0 Å². The van der Waals surface area contributed by atoms with Crippen LogP contribution >= 0.6 is 0 Å². The second kappa shape index (κ2) is 5.39. The smallest absolute Gasteiger partial charge is 0.305 e. The van der Waals surface area contributed by atoms with Gasteiger partial charge in [0, 0.05) is 19.6 Å². The van der Waals surface area contributed by atoms with Crippen LogP contribution < -0.4 is 0 Å². The predicted octanol–water partition coefficient (Wildman–Crippen LogP) is 4.26. The van der Waals surface area contributed by atoms with E-state index in [1.54, 1.807) is 12.1 Å². The fourth-order valence-electron chi connectivity index (χ4n) is 3.77. The second-order valence-corrected chi connectivity index (χ2v) is 6.42. The number of likely N-dealkylation sites (tertiary alicyclic amines) is 1. The molecule has 1 spiro atoms. The molecule has 4 heteroatoms. The maximum Gasteiger partial charge on any atom is 0.384 e. The molecule has 0 aliphatic carbocycles. The van der Waals surface area contributed by atoms with Crippen molar-refractivity contribution in [2.24, 2.45) is 0 Å². The molecular formula is C19H19F2NO. The van der Waals surface area contributed by atoms with E-state index < -0.39 is 11.7 Å². The van der Waals surface area contributed by atoms with E-state index in [9.17, 15) is 8.78 Å². The van der Waals surface area contributed by atoms with Crippen LogP contribution in [-0.2, 0) is 23.0 Å². The van der Waals surface area contributed by atoms with Crippen LogP contribution in [0.15, 0.2) is 54.6 Å². The largest absolute Gasteiger partial charge is 0.384 e. The number of hydrogen-bond acceptors (Lipinski definition) is 2. The van der Waals surface area contributed by atoms with Crippen molar-refractivity contribution in [3.63, 3.8) is 0 Å². The van der Waals surface area contributed by atoms with E-state index in [4.69, 9.17) is 4.74 Å². The summed E-state index contributed by atoms with van der Waals surface area (Å²) in [6.07, 6.45) is -1.96. The third-order valence-electron chi connectivity index (χ3n) is 4.97. The molecule has 0 unspecified atom stereocenters. The van der Waals surface area contributed by atoms with E-state index in [2.05, 4.69) is 17.0 Å². The maximum absolute atomic E-state index is 14.2. The van der Waals surface area contributed by atoms with Crippen molar-refractivity contribution in [2.45, 2.75) is 31.1 Å². The third-order valence-corrected chi connectivity index (χ3v) is 4.97. The summed E-state index contributed by atoms with van der Waals surface area (Å²) in [6.45, 7) is 2.38. The lowest BCUT2D eigenvalue weighted by Gasteiger charge is -2.39. The minimum absolute atomic E-state index is 0.0384. The van der Waals surface area contributed by atoms with E-state index >= 15 is 0 Å². The summed E-state index contributed by atoms with van der Waals surface area (Å²) in [5, 5.41) is 0. The molecule has 0 bridgehead atoms. The number of benzene rings is 2. The first-order valence-electron chi connectivity index (χ1n) is 8.03. The first-order valence-corrected chi connectivity index (χ1v) is 8.03. The van der Waals surface area contributed by atoms with E-state index in [0.717, 1.165) is 19.6 Å². The summed E-state index contributed by atoms with van der Waals surface area (Å²) < 4.78 is 33.6. The molecule has 0 radical (unpaired) electrons. The van der Waals surface area contributed by atoms with Crippen LogP contribution in [-0.4, -0.2) is 18.0 Å². The lowest BCUT2D eigenvalue weighted by Crippen LogP contribution is -2.43. The summed E-state index contributed by atoms with van der Waals surface area (Å²) in [7, 11) is 0. The number of ether oxygens (including phenoxy) is 1. The number of piperidine rings is 1. The van der Waals surface area contributed by atoms with Gasteiger partial charge in [0.25, 0.3) is 0 Å². The molecule has 4 rings (SSSR count). The second-order valence-electron chi connectivity index (χ2n) is 6.42. The topological polar surface area (TPSA) is 12.5 Å². The van der Waals surface area contributed by atoms with Gasteiger partial charge in [0.05, 0.1) is 5.56 Å². The highest BCUT2D eigenvalue weighted by Gasteiger charge is 2.55. The minimum Gasteiger partial charge on any atom is -0.305 e. The highest BCUT2D eigenvalue weighted by atomic mass is 19.3. The first-order chi connectivity index (χ1) is 11.1. The average molecular weight is 315 g/mol. The van der Waals surface area contributed by atoms with Gasteiger partial charge < -0.3 is 4.74 Å². The van der Waals surface area contributed by atoms with Crippen molar-refractivity contribution in [1.82, 2.24) is 4.90 Å². The molecule has 2 aliphatic heterocycles. The van der Waals surface area contributed by atoms with E-state index in [1.807, 2.05) is 24.3 Å². The van der Waals surface area contributed by atoms with Gasteiger partial charge in [-0.05, 0) is 30.0 Å². The van der Waals surface area contributed by atoms with Gasteiger partial charge in [0.2, 0.25) is 0 Å². The van der Waals surface area contributed by atoms with Gasteiger partial charge >= 0.3 is 6.11 Å². The van der Waals surface area contributed by atoms with Gasteiger partial charge in [0.15, 0.2) is 0 Å².